The minimum absolute atomic E-state index is 0.0202. The van der Waals surface area contributed by atoms with Crippen LogP contribution in [0, 0.1) is 17.2 Å². The van der Waals surface area contributed by atoms with Crippen molar-refractivity contribution in [3.8, 4) is 22.9 Å². The smallest absolute Gasteiger partial charge is 0.405 e. The van der Waals surface area contributed by atoms with Crippen molar-refractivity contribution in [3.05, 3.63) is 88.4 Å². The number of rotatable bonds is 7. The molecule has 3 amide bonds. The van der Waals surface area contributed by atoms with Crippen LogP contribution in [0.3, 0.4) is 0 Å². The number of hydrogen-bond acceptors (Lipinski definition) is 6. The molecule has 0 unspecified atom stereocenters. The van der Waals surface area contributed by atoms with E-state index in [4.69, 9.17) is 16.9 Å². The summed E-state index contributed by atoms with van der Waals surface area (Å²) < 4.78 is 44.3. The zero-order valence-electron chi connectivity index (χ0n) is 23.4. The topological polar surface area (TPSA) is 112 Å². The van der Waals surface area contributed by atoms with Crippen molar-refractivity contribution < 1.29 is 32.3 Å². The van der Waals surface area contributed by atoms with Crippen LogP contribution < -0.4 is 15.4 Å². The summed E-state index contributed by atoms with van der Waals surface area (Å²) in [5, 5.41) is 15.1. The van der Waals surface area contributed by atoms with Crippen LogP contribution in [-0.4, -0.2) is 48.1 Å². The Labute approximate surface area is 256 Å². The summed E-state index contributed by atoms with van der Waals surface area (Å²) in [6.45, 7) is 0.672. The Morgan fingerprint density at radius 1 is 1.07 bits per heavy atom. The molecule has 228 valence electrons. The van der Waals surface area contributed by atoms with Crippen LogP contribution >= 0.6 is 11.6 Å². The van der Waals surface area contributed by atoms with Gasteiger partial charge >= 0.3 is 6.36 Å². The lowest BCUT2D eigenvalue weighted by Crippen LogP contribution is -2.52. The van der Waals surface area contributed by atoms with Crippen LogP contribution in [0.1, 0.15) is 41.9 Å². The molecule has 2 fully saturated rings. The van der Waals surface area contributed by atoms with E-state index in [0.29, 0.717) is 36.2 Å². The zero-order valence-corrected chi connectivity index (χ0v) is 24.1. The van der Waals surface area contributed by atoms with Crippen molar-refractivity contribution in [1.82, 2.24) is 15.5 Å². The monoisotopic (exact) mass is 624 g/mol. The van der Waals surface area contributed by atoms with Gasteiger partial charge in [0, 0.05) is 60.6 Å². The number of halogens is 4. The molecule has 0 bridgehead atoms. The van der Waals surface area contributed by atoms with Crippen LogP contribution in [0.25, 0.3) is 11.1 Å². The van der Waals surface area contributed by atoms with Gasteiger partial charge in [0.25, 0.3) is 0 Å². The lowest BCUT2D eigenvalue weighted by Gasteiger charge is -2.41. The minimum atomic E-state index is -4.90. The predicted octanol–water partition coefficient (Wildman–Crippen LogP) is 5.30. The summed E-state index contributed by atoms with van der Waals surface area (Å²) in [4.78, 5) is 38.8. The number of imide groups is 1. The Morgan fingerprint density at radius 2 is 1.80 bits per heavy atom. The predicted molar refractivity (Wildman–Crippen MR) is 155 cm³/mol. The molecular weight excluding hydrogens is 597 g/mol. The molecule has 44 heavy (non-hydrogen) atoms. The second-order valence-corrected chi connectivity index (χ2v) is 11.2. The number of ether oxygens (including phenoxy) is 1. The molecule has 2 heterocycles. The maximum absolute atomic E-state index is 13.3. The maximum Gasteiger partial charge on any atom is 0.573 e. The minimum Gasteiger partial charge on any atom is -0.405 e. The van der Waals surface area contributed by atoms with Gasteiger partial charge in [0.05, 0.1) is 17.6 Å². The van der Waals surface area contributed by atoms with Crippen molar-refractivity contribution in [2.45, 2.75) is 44.1 Å². The number of likely N-dealkylation sites (tertiary alicyclic amines) is 1. The van der Waals surface area contributed by atoms with Crippen LogP contribution in [-0.2, 0) is 20.9 Å². The number of hydrogen-bond donors (Lipinski definition) is 2. The molecule has 0 radical (unpaired) electrons. The first-order valence-electron chi connectivity index (χ1n) is 14.0. The quantitative estimate of drug-likeness (QED) is 0.345. The van der Waals surface area contributed by atoms with Gasteiger partial charge in [0.1, 0.15) is 5.75 Å². The highest BCUT2D eigenvalue weighted by Crippen LogP contribution is 2.35. The van der Waals surface area contributed by atoms with Crippen molar-refractivity contribution in [2.24, 2.45) is 5.92 Å². The van der Waals surface area contributed by atoms with Gasteiger partial charge in [-0.15, -0.1) is 13.2 Å². The highest BCUT2D eigenvalue weighted by molar-refractivity contribution is 6.33. The average molecular weight is 625 g/mol. The third kappa shape index (κ3) is 7.38. The van der Waals surface area contributed by atoms with Crippen LogP contribution in [0.4, 0.5) is 13.2 Å². The van der Waals surface area contributed by atoms with E-state index < -0.39 is 24.1 Å². The first-order chi connectivity index (χ1) is 21.0. The summed E-state index contributed by atoms with van der Waals surface area (Å²) in [7, 11) is 0. The van der Waals surface area contributed by atoms with Crippen molar-refractivity contribution in [2.75, 3.05) is 13.1 Å². The number of amides is 3. The van der Waals surface area contributed by atoms with Crippen molar-refractivity contribution >= 4 is 29.3 Å². The maximum atomic E-state index is 13.3. The highest BCUT2D eigenvalue weighted by Gasteiger charge is 2.38. The first-order valence-corrected chi connectivity index (χ1v) is 14.4. The Morgan fingerprint density at radius 3 is 2.45 bits per heavy atom. The summed E-state index contributed by atoms with van der Waals surface area (Å²) in [5.74, 6) is -2.52. The largest absolute Gasteiger partial charge is 0.573 e. The summed E-state index contributed by atoms with van der Waals surface area (Å²) in [6.07, 6.45) is -4.53. The molecule has 0 aromatic heterocycles. The van der Waals surface area contributed by atoms with E-state index in [2.05, 4.69) is 15.4 Å². The van der Waals surface area contributed by atoms with Gasteiger partial charge in [0.15, 0.2) is 0 Å². The van der Waals surface area contributed by atoms with Crippen LogP contribution in [0.5, 0.6) is 5.75 Å². The molecule has 0 aliphatic carbocycles. The molecular formula is C32H28ClF3N4O4. The van der Waals surface area contributed by atoms with E-state index in [-0.39, 0.29) is 53.6 Å². The molecule has 3 aromatic rings. The number of nitrogens with zero attached hydrogens (tertiary/aromatic N) is 2. The third-order valence-corrected chi connectivity index (χ3v) is 8.21. The molecule has 8 nitrogen and oxygen atoms in total. The van der Waals surface area contributed by atoms with E-state index in [1.807, 2.05) is 36.4 Å². The molecule has 0 saturated carbocycles. The first kappa shape index (κ1) is 31.0. The SMILES string of the molecule is N#Cc1ccc(-c2ccc(OC(F)(F)F)c(CN[C@H]3CCN(C(=O)C4CC(=O)NC(=O)C4)C[C@H]3c3ccccc3)c2)c(Cl)c1. The van der Waals surface area contributed by atoms with Gasteiger partial charge in [-0.3, -0.25) is 19.7 Å². The molecule has 2 N–H and O–H groups in total. The fourth-order valence-electron chi connectivity index (χ4n) is 5.81. The van der Waals surface area contributed by atoms with Gasteiger partial charge in [-0.1, -0.05) is 54.1 Å². The Balaban J connectivity index is 1.39. The van der Waals surface area contributed by atoms with Crippen molar-refractivity contribution in [3.63, 3.8) is 0 Å². The average Bonchev–Trinajstić information content (AvgIpc) is 2.99. The number of benzene rings is 3. The van der Waals surface area contributed by atoms with Gasteiger partial charge in [-0.25, -0.2) is 0 Å². The zero-order chi connectivity index (χ0) is 31.4. The lowest BCUT2D eigenvalue weighted by molar-refractivity contribution is -0.274. The summed E-state index contributed by atoms with van der Waals surface area (Å²) in [6, 6.07) is 20.2. The standard InChI is InChI=1S/C32H28ClF3N4O4/c33-26-12-19(16-37)6-8-24(26)21-7-9-28(44-32(34,35)36)23(13-21)17-38-27-10-11-40(18-25(27)20-4-2-1-3-5-20)31(43)22-14-29(41)39-30(42)15-22/h1-9,12-13,22,25,27,38H,10-11,14-15,17-18H2,(H,39,41,42)/t25-,27-/m0/s1. The number of nitrogens with one attached hydrogen (secondary N) is 2. The fraction of sp³-hybridized carbons (Fsp3) is 0.312. The Kier molecular flexibility index (Phi) is 9.22. The van der Waals surface area contributed by atoms with Crippen LogP contribution in [0.2, 0.25) is 5.02 Å². The molecule has 12 heteroatoms. The number of carbonyl (C=O) groups excluding carboxylic acids is 3. The molecule has 2 aliphatic heterocycles. The van der Waals surface area contributed by atoms with E-state index in [9.17, 15) is 27.6 Å². The molecule has 2 aliphatic rings. The summed E-state index contributed by atoms with van der Waals surface area (Å²) in [5.41, 5.74) is 2.64. The lowest BCUT2D eigenvalue weighted by atomic mass is 9.84. The Hall–Kier alpha value is -4.40. The van der Waals surface area contributed by atoms with Gasteiger partial charge in [-0.05, 0) is 41.8 Å². The molecule has 0 spiro atoms. The Bertz CT molecular complexity index is 1590. The molecule has 3 aromatic carbocycles. The van der Waals surface area contributed by atoms with Gasteiger partial charge in [-0.2, -0.15) is 5.26 Å². The highest BCUT2D eigenvalue weighted by atomic mass is 35.5. The third-order valence-electron chi connectivity index (χ3n) is 7.89. The second kappa shape index (κ2) is 13.1. The summed E-state index contributed by atoms with van der Waals surface area (Å²) >= 11 is 6.39. The van der Waals surface area contributed by atoms with E-state index in [1.165, 1.54) is 18.2 Å². The van der Waals surface area contributed by atoms with E-state index >= 15 is 0 Å². The van der Waals surface area contributed by atoms with E-state index in [0.717, 1.165) is 5.56 Å². The number of nitriles is 1. The van der Waals surface area contributed by atoms with Gasteiger partial charge in [0.2, 0.25) is 17.7 Å². The van der Waals surface area contributed by atoms with E-state index in [1.54, 1.807) is 23.1 Å². The molecule has 2 atom stereocenters. The number of alkyl halides is 3. The second-order valence-electron chi connectivity index (χ2n) is 10.8. The number of carbonyl (C=O) groups is 3. The fourth-order valence-corrected chi connectivity index (χ4v) is 6.10. The molecule has 5 rings (SSSR count). The van der Waals surface area contributed by atoms with Gasteiger partial charge < -0.3 is 15.0 Å². The normalized spacial score (nSPS) is 19.3. The van der Waals surface area contributed by atoms with Crippen molar-refractivity contribution in [1.29, 1.82) is 5.26 Å². The number of piperidine rings is 2. The van der Waals surface area contributed by atoms with Crippen LogP contribution in [0.15, 0.2) is 66.7 Å². The molecule has 2 saturated heterocycles.